The topological polar surface area (TPSA) is 55.1 Å². The molecule has 0 bridgehead atoms. The minimum Gasteiger partial charge on any atom is -0.493 e. The number of hydrogen-bond donors (Lipinski definition) is 1. The van der Waals surface area contributed by atoms with Crippen molar-refractivity contribution in [2.24, 2.45) is 7.05 Å². The third kappa shape index (κ3) is 2.31. The highest BCUT2D eigenvalue weighted by molar-refractivity contribution is 5.88. The normalized spacial score (nSPS) is 11.6. The Balaban J connectivity index is 2.49. The van der Waals surface area contributed by atoms with E-state index in [-0.39, 0.29) is 17.1 Å². The van der Waals surface area contributed by atoms with E-state index >= 15 is 0 Å². The van der Waals surface area contributed by atoms with Gasteiger partial charge < -0.3 is 5.11 Å². The van der Waals surface area contributed by atoms with Gasteiger partial charge in [-0.1, -0.05) is 12.1 Å². The second kappa shape index (κ2) is 4.42. The van der Waals surface area contributed by atoms with Gasteiger partial charge in [0.1, 0.15) is 11.3 Å². The third-order valence-electron chi connectivity index (χ3n) is 2.66. The highest BCUT2D eigenvalue weighted by atomic mass is 19.4. The molecule has 0 saturated carbocycles. The van der Waals surface area contributed by atoms with Crippen LogP contribution in [0.15, 0.2) is 24.3 Å². The van der Waals surface area contributed by atoms with Gasteiger partial charge in [0.2, 0.25) is 5.88 Å². The minimum absolute atomic E-state index is 0.0535. The van der Waals surface area contributed by atoms with Crippen molar-refractivity contribution < 1.29 is 23.1 Å². The molecule has 0 atom stereocenters. The fourth-order valence-corrected chi connectivity index (χ4v) is 1.67. The molecule has 0 aliphatic rings. The number of hydrogen-bond acceptors (Lipinski definition) is 3. The van der Waals surface area contributed by atoms with Gasteiger partial charge in [-0.15, -0.1) is 0 Å². The standard InChI is InChI=1S/C12H9F3N2O2/c1-17-11(19)9(6-18)10(16-17)7-2-4-8(5-3-7)12(13,14)15/h2-6,19H,1H3. The van der Waals surface area contributed by atoms with E-state index < -0.39 is 11.7 Å². The zero-order valence-electron chi connectivity index (χ0n) is 9.77. The molecule has 0 radical (unpaired) electrons. The van der Waals surface area contributed by atoms with Crippen LogP contribution in [0, 0.1) is 0 Å². The van der Waals surface area contributed by atoms with Crippen LogP contribution in [0.2, 0.25) is 0 Å². The molecule has 2 aromatic rings. The lowest BCUT2D eigenvalue weighted by Gasteiger charge is -2.06. The maximum Gasteiger partial charge on any atom is 0.416 e. The summed E-state index contributed by atoms with van der Waals surface area (Å²) in [5.74, 6) is -0.329. The molecule has 0 unspecified atom stereocenters. The molecule has 19 heavy (non-hydrogen) atoms. The summed E-state index contributed by atoms with van der Waals surface area (Å²) in [5.41, 5.74) is -0.374. The van der Waals surface area contributed by atoms with Crippen molar-refractivity contribution in [2.75, 3.05) is 0 Å². The van der Waals surface area contributed by atoms with Crippen molar-refractivity contribution in [1.82, 2.24) is 9.78 Å². The average molecular weight is 270 g/mol. The molecule has 1 aromatic carbocycles. The molecule has 2 rings (SSSR count). The van der Waals surface area contributed by atoms with E-state index in [0.717, 1.165) is 16.8 Å². The van der Waals surface area contributed by atoms with E-state index in [1.807, 2.05) is 0 Å². The second-order valence-electron chi connectivity index (χ2n) is 3.90. The van der Waals surface area contributed by atoms with E-state index in [2.05, 4.69) is 5.10 Å². The number of aldehydes is 1. The Hall–Kier alpha value is -2.31. The van der Waals surface area contributed by atoms with Gasteiger partial charge in [0, 0.05) is 12.6 Å². The number of halogens is 3. The van der Waals surface area contributed by atoms with Crippen LogP contribution in [0.1, 0.15) is 15.9 Å². The van der Waals surface area contributed by atoms with Crippen LogP contribution in [0.3, 0.4) is 0 Å². The summed E-state index contributed by atoms with van der Waals surface area (Å²) in [6, 6.07) is 4.21. The Bertz CT molecular complexity index is 615. The first-order chi connectivity index (χ1) is 8.84. The molecular formula is C12H9F3N2O2. The number of aromatic nitrogens is 2. The van der Waals surface area contributed by atoms with Gasteiger partial charge in [-0.2, -0.15) is 18.3 Å². The Labute approximate surface area is 106 Å². The molecule has 4 nitrogen and oxygen atoms in total. The summed E-state index contributed by atoms with van der Waals surface area (Å²) in [7, 11) is 1.43. The van der Waals surface area contributed by atoms with Crippen LogP contribution >= 0.6 is 0 Å². The number of rotatable bonds is 2. The highest BCUT2D eigenvalue weighted by Crippen LogP contribution is 2.32. The predicted octanol–water partition coefficient (Wildman–Crippen LogP) is 2.62. The van der Waals surface area contributed by atoms with Crippen molar-refractivity contribution in [3.8, 4) is 17.1 Å². The number of aryl methyl sites for hydroxylation is 1. The van der Waals surface area contributed by atoms with Gasteiger partial charge in [0.05, 0.1) is 5.56 Å². The summed E-state index contributed by atoms with van der Waals surface area (Å²) in [6.45, 7) is 0. The predicted molar refractivity (Wildman–Crippen MR) is 60.7 cm³/mol. The van der Waals surface area contributed by atoms with E-state index in [4.69, 9.17) is 0 Å². The van der Waals surface area contributed by atoms with E-state index in [1.165, 1.54) is 19.2 Å². The van der Waals surface area contributed by atoms with Crippen LogP contribution in [0.25, 0.3) is 11.3 Å². The highest BCUT2D eigenvalue weighted by Gasteiger charge is 2.30. The molecule has 0 saturated heterocycles. The van der Waals surface area contributed by atoms with Crippen molar-refractivity contribution >= 4 is 6.29 Å². The van der Waals surface area contributed by atoms with Gasteiger partial charge in [-0.3, -0.25) is 4.79 Å². The van der Waals surface area contributed by atoms with Crippen LogP contribution in [-0.4, -0.2) is 21.2 Å². The number of alkyl halides is 3. The lowest BCUT2D eigenvalue weighted by atomic mass is 10.1. The van der Waals surface area contributed by atoms with Crippen molar-refractivity contribution in [2.45, 2.75) is 6.18 Å². The first-order valence-corrected chi connectivity index (χ1v) is 5.23. The van der Waals surface area contributed by atoms with Crippen molar-refractivity contribution in [3.05, 3.63) is 35.4 Å². The number of benzene rings is 1. The smallest absolute Gasteiger partial charge is 0.416 e. The van der Waals surface area contributed by atoms with Crippen LogP contribution < -0.4 is 0 Å². The molecular weight excluding hydrogens is 261 g/mol. The van der Waals surface area contributed by atoms with Gasteiger partial charge in [0.15, 0.2) is 6.29 Å². The molecule has 1 aromatic heterocycles. The molecule has 1 N–H and O–H groups in total. The summed E-state index contributed by atoms with van der Waals surface area (Å²) in [4.78, 5) is 10.9. The fourth-order valence-electron chi connectivity index (χ4n) is 1.67. The van der Waals surface area contributed by atoms with E-state index in [1.54, 1.807) is 0 Å². The SMILES string of the molecule is Cn1nc(-c2ccc(C(F)(F)F)cc2)c(C=O)c1O. The van der Waals surface area contributed by atoms with Gasteiger partial charge in [0.25, 0.3) is 0 Å². The zero-order chi connectivity index (χ0) is 14.2. The van der Waals surface area contributed by atoms with Gasteiger partial charge in [-0.05, 0) is 12.1 Å². The lowest BCUT2D eigenvalue weighted by Crippen LogP contribution is -2.04. The maximum atomic E-state index is 12.4. The molecule has 0 amide bonds. The largest absolute Gasteiger partial charge is 0.493 e. The zero-order valence-corrected chi connectivity index (χ0v) is 9.77. The third-order valence-corrected chi connectivity index (χ3v) is 2.66. The Morgan fingerprint density at radius 1 is 1.26 bits per heavy atom. The Morgan fingerprint density at radius 3 is 2.32 bits per heavy atom. The summed E-state index contributed by atoms with van der Waals surface area (Å²) in [6.07, 6.45) is -4.01. The average Bonchev–Trinajstić information content (AvgIpc) is 2.64. The first kappa shape index (κ1) is 13.1. The second-order valence-corrected chi connectivity index (χ2v) is 3.90. The molecule has 0 aliphatic heterocycles. The molecule has 0 spiro atoms. The fraction of sp³-hybridized carbons (Fsp3) is 0.167. The van der Waals surface area contributed by atoms with E-state index in [0.29, 0.717) is 11.8 Å². The first-order valence-electron chi connectivity index (χ1n) is 5.23. The summed E-state index contributed by atoms with van der Waals surface area (Å²) in [5, 5.41) is 13.5. The molecule has 0 aliphatic carbocycles. The quantitative estimate of drug-likeness (QED) is 0.853. The molecule has 7 heteroatoms. The summed E-state index contributed by atoms with van der Waals surface area (Å²) < 4.78 is 38.3. The van der Waals surface area contributed by atoms with E-state index in [9.17, 15) is 23.1 Å². The van der Waals surface area contributed by atoms with Crippen molar-refractivity contribution in [3.63, 3.8) is 0 Å². The Morgan fingerprint density at radius 2 is 1.84 bits per heavy atom. The number of carbonyl (C=O) groups is 1. The van der Waals surface area contributed by atoms with Crippen LogP contribution in [0.5, 0.6) is 5.88 Å². The van der Waals surface area contributed by atoms with Crippen LogP contribution in [0.4, 0.5) is 13.2 Å². The number of carbonyl (C=O) groups excluding carboxylic acids is 1. The molecule has 1 heterocycles. The van der Waals surface area contributed by atoms with Gasteiger partial charge in [-0.25, -0.2) is 4.68 Å². The van der Waals surface area contributed by atoms with Gasteiger partial charge >= 0.3 is 6.18 Å². The minimum atomic E-state index is -4.42. The van der Waals surface area contributed by atoms with Crippen molar-refractivity contribution in [1.29, 1.82) is 0 Å². The van der Waals surface area contributed by atoms with Crippen LogP contribution in [-0.2, 0) is 13.2 Å². The molecule has 100 valence electrons. The maximum absolute atomic E-state index is 12.4. The summed E-state index contributed by atoms with van der Waals surface area (Å²) >= 11 is 0. The Kier molecular flexibility index (Phi) is 3.05. The lowest BCUT2D eigenvalue weighted by molar-refractivity contribution is -0.137. The molecule has 0 fully saturated rings. The number of nitrogens with zero attached hydrogens (tertiary/aromatic N) is 2. The number of aromatic hydroxyl groups is 1. The monoisotopic (exact) mass is 270 g/mol.